The third-order valence-electron chi connectivity index (χ3n) is 3.09. The van der Waals surface area contributed by atoms with E-state index in [9.17, 15) is 8.42 Å². The summed E-state index contributed by atoms with van der Waals surface area (Å²) in [5, 5.41) is 3.43. The first-order valence-corrected chi connectivity index (χ1v) is 7.76. The average Bonchev–Trinajstić information content (AvgIpc) is 2.41. The zero-order valence-corrected chi connectivity index (χ0v) is 11.9. The van der Waals surface area contributed by atoms with Gasteiger partial charge in [-0.3, -0.25) is 0 Å². The van der Waals surface area contributed by atoms with Gasteiger partial charge in [0.15, 0.2) is 0 Å². The first kappa shape index (κ1) is 13.2. The molecule has 0 saturated carbocycles. The fraction of sp³-hybridized carbons (Fsp3) is 0.0769. The fourth-order valence-corrected chi connectivity index (χ4v) is 3.59. The van der Waals surface area contributed by atoms with Crippen molar-refractivity contribution in [1.82, 2.24) is 4.72 Å². The Morgan fingerprint density at radius 1 is 1.15 bits per heavy atom. The second-order valence-electron chi connectivity index (χ2n) is 4.48. The lowest BCUT2D eigenvalue weighted by atomic mass is 10.1. The first-order chi connectivity index (χ1) is 9.47. The lowest BCUT2D eigenvalue weighted by Crippen LogP contribution is -2.38. The van der Waals surface area contributed by atoms with Crippen LogP contribution in [0.4, 0.5) is 11.4 Å². The number of nitrogens with two attached hydrogens (primary N) is 1. The standard InChI is InChI=1S/C13H12ClN3O2S/c14-9-6-11-12(7-10(9)15)20(18,19)17-13(16-11)8-4-2-1-3-5-8/h1-7,13,16-17H,15H2. The van der Waals surface area contributed by atoms with Crippen LogP contribution in [0.1, 0.15) is 11.7 Å². The molecule has 2 aromatic rings. The molecule has 0 aromatic heterocycles. The molecule has 7 heteroatoms. The van der Waals surface area contributed by atoms with Crippen molar-refractivity contribution in [3.63, 3.8) is 0 Å². The zero-order valence-electron chi connectivity index (χ0n) is 10.3. The van der Waals surface area contributed by atoms with Gasteiger partial charge in [-0.1, -0.05) is 41.9 Å². The van der Waals surface area contributed by atoms with E-state index in [1.807, 2.05) is 30.3 Å². The van der Waals surface area contributed by atoms with Gasteiger partial charge >= 0.3 is 0 Å². The highest BCUT2D eigenvalue weighted by Crippen LogP contribution is 2.35. The van der Waals surface area contributed by atoms with Crippen LogP contribution in [0.3, 0.4) is 0 Å². The van der Waals surface area contributed by atoms with Crippen molar-refractivity contribution in [2.75, 3.05) is 11.1 Å². The molecular formula is C13H12ClN3O2S. The number of halogens is 1. The number of hydrogen-bond donors (Lipinski definition) is 3. The van der Waals surface area contributed by atoms with Crippen molar-refractivity contribution >= 4 is 33.0 Å². The molecule has 0 fully saturated rings. The molecule has 0 radical (unpaired) electrons. The zero-order chi connectivity index (χ0) is 14.3. The van der Waals surface area contributed by atoms with Crippen LogP contribution in [-0.4, -0.2) is 8.42 Å². The summed E-state index contributed by atoms with van der Waals surface area (Å²) in [5.74, 6) is 0. The molecule has 1 aliphatic rings. The molecular weight excluding hydrogens is 298 g/mol. The highest BCUT2D eigenvalue weighted by Gasteiger charge is 2.30. The number of fused-ring (bicyclic) bond motifs is 1. The Morgan fingerprint density at radius 3 is 2.55 bits per heavy atom. The van der Waals surface area contributed by atoms with E-state index >= 15 is 0 Å². The highest BCUT2D eigenvalue weighted by atomic mass is 35.5. The minimum Gasteiger partial charge on any atom is -0.397 e. The molecule has 3 rings (SSSR count). The molecule has 104 valence electrons. The Labute approximate surface area is 121 Å². The molecule has 0 saturated heterocycles. The number of hydrogen-bond acceptors (Lipinski definition) is 4. The Hall–Kier alpha value is -1.76. The van der Waals surface area contributed by atoms with Crippen LogP contribution in [0.2, 0.25) is 5.02 Å². The van der Waals surface area contributed by atoms with Gasteiger partial charge in [0.1, 0.15) is 11.1 Å². The van der Waals surface area contributed by atoms with Crippen LogP contribution < -0.4 is 15.8 Å². The van der Waals surface area contributed by atoms with E-state index in [4.69, 9.17) is 17.3 Å². The molecule has 1 aliphatic heterocycles. The van der Waals surface area contributed by atoms with Gasteiger partial charge in [0.25, 0.3) is 0 Å². The molecule has 1 heterocycles. The molecule has 4 N–H and O–H groups in total. The quantitative estimate of drug-likeness (QED) is 0.706. The topological polar surface area (TPSA) is 84.2 Å². The van der Waals surface area contributed by atoms with Gasteiger partial charge < -0.3 is 11.1 Å². The number of nitrogens with one attached hydrogen (secondary N) is 2. The monoisotopic (exact) mass is 309 g/mol. The largest absolute Gasteiger partial charge is 0.397 e. The number of anilines is 2. The minimum atomic E-state index is -3.63. The van der Waals surface area contributed by atoms with Crippen LogP contribution in [-0.2, 0) is 10.0 Å². The Bertz CT molecular complexity index is 763. The van der Waals surface area contributed by atoms with Crippen LogP contribution in [0, 0.1) is 0 Å². The fourth-order valence-electron chi connectivity index (χ4n) is 2.10. The third-order valence-corrected chi connectivity index (χ3v) is 4.88. The Kier molecular flexibility index (Phi) is 3.08. The second-order valence-corrected chi connectivity index (χ2v) is 6.57. The van der Waals surface area contributed by atoms with E-state index < -0.39 is 16.2 Å². The maximum atomic E-state index is 12.3. The summed E-state index contributed by atoms with van der Waals surface area (Å²) in [6, 6.07) is 12.1. The summed E-state index contributed by atoms with van der Waals surface area (Å²) in [5.41, 5.74) is 7.15. The van der Waals surface area contributed by atoms with Crippen LogP contribution >= 0.6 is 11.6 Å². The van der Waals surface area contributed by atoms with Crippen molar-refractivity contribution in [3.8, 4) is 0 Å². The van der Waals surface area contributed by atoms with Gasteiger partial charge in [-0.05, 0) is 17.7 Å². The Balaban J connectivity index is 2.10. The first-order valence-electron chi connectivity index (χ1n) is 5.90. The number of rotatable bonds is 1. The summed E-state index contributed by atoms with van der Waals surface area (Å²) >= 11 is 5.95. The molecule has 20 heavy (non-hydrogen) atoms. The lowest BCUT2D eigenvalue weighted by molar-refractivity contribution is 0.562. The van der Waals surface area contributed by atoms with E-state index in [2.05, 4.69) is 10.0 Å². The van der Waals surface area contributed by atoms with Crippen molar-refractivity contribution in [1.29, 1.82) is 0 Å². The molecule has 0 amide bonds. The van der Waals surface area contributed by atoms with E-state index in [1.165, 1.54) is 12.1 Å². The van der Waals surface area contributed by atoms with Crippen LogP contribution in [0.25, 0.3) is 0 Å². The molecule has 1 unspecified atom stereocenters. The third kappa shape index (κ3) is 2.22. The summed E-state index contributed by atoms with van der Waals surface area (Å²) in [4.78, 5) is 0.103. The Morgan fingerprint density at radius 2 is 1.85 bits per heavy atom. The maximum Gasteiger partial charge on any atom is 0.244 e. The highest BCUT2D eigenvalue weighted by molar-refractivity contribution is 7.89. The number of sulfonamides is 1. The van der Waals surface area contributed by atoms with E-state index in [1.54, 1.807) is 0 Å². The van der Waals surface area contributed by atoms with Gasteiger partial charge in [0.2, 0.25) is 10.0 Å². The van der Waals surface area contributed by atoms with Crippen molar-refractivity contribution in [3.05, 3.63) is 53.1 Å². The smallest absolute Gasteiger partial charge is 0.244 e. The van der Waals surface area contributed by atoms with Crippen molar-refractivity contribution in [2.45, 2.75) is 11.1 Å². The molecule has 0 aliphatic carbocycles. The lowest BCUT2D eigenvalue weighted by Gasteiger charge is -2.28. The SMILES string of the molecule is Nc1cc2c(cc1Cl)NC(c1ccccc1)NS2(=O)=O. The van der Waals surface area contributed by atoms with Gasteiger partial charge in [0, 0.05) is 0 Å². The predicted molar refractivity (Wildman–Crippen MR) is 79.0 cm³/mol. The molecule has 5 nitrogen and oxygen atoms in total. The van der Waals surface area contributed by atoms with E-state index in [0.717, 1.165) is 5.56 Å². The number of benzene rings is 2. The van der Waals surface area contributed by atoms with E-state index in [0.29, 0.717) is 10.7 Å². The van der Waals surface area contributed by atoms with Gasteiger partial charge in [-0.25, -0.2) is 8.42 Å². The molecule has 2 aromatic carbocycles. The van der Waals surface area contributed by atoms with E-state index in [-0.39, 0.29) is 10.6 Å². The molecule has 0 bridgehead atoms. The van der Waals surface area contributed by atoms with Gasteiger partial charge in [-0.15, -0.1) is 0 Å². The number of nitrogen functional groups attached to an aromatic ring is 1. The molecule has 0 spiro atoms. The van der Waals surface area contributed by atoms with Gasteiger partial charge in [-0.2, -0.15) is 4.72 Å². The summed E-state index contributed by atoms with van der Waals surface area (Å²) < 4.78 is 27.1. The normalized spacial score (nSPS) is 19.9. The van der Waals surface area contributed by atoms with Crippen molar-refractivity contribution < 1.29 is 8.42 Å². The summed E-state index contributed by atoms with van der Waals surface area (Å²) in [6.45, 7) is 0. The van der Waals surface area contributed by atoms with Gasteiger partial charge in [0.05, 0.1) is 16.4 Å². The van der Waals surface area contributed by atoms with Crippen LogP contribution in [0.5, 0.6) is 0 Å². The summed E-state index contributed by atoms with van der Waals surface area (Å²) in [6.07, 6.45) is -0.534. The summed E-state index contributed by atoms with van der Waals surface area (Å²) in [7, 11) is -3.63. The van der Waals surface area contributed by atoms with Crippen molar-refractivity contribution in [2.24, 2.45) is 0 Å². The van der Waals surface area contributed by atoms with Crippen LogP contribution in [0.15, 0.2) is 47.4 Å². The second kappa shape index (κ2) is 4.66. The maximum absolute atomic E-state index is 12.3. The average molecular weight is 310 g/mol. The minimum absolute atomic E-state index is 0.103. The molecule has 1 atom stereocenters. The predicted octanol–water partition coefficient (Wildman–Crippen LogP) is 2.32.